The van der Waals surface area contributed by atoms with Gasteiger partial charge in [0.1, 0.15) is 0 Å². The van der Waals surface area contributed by atoms with E-state index in [2.05, 4.69) is 48.3 Å². The summed E-state index contributed by atoms with van der Waals surface area (Å²) < 4.78 is 3.01. The second-order valence-electron chi connectivity index (χ2n) is 4.95. The highest BCUT2D eigenvalue weighted by Crippen LogP contribution is 2.31. The Hall–Kier alpha value is -1.95. The van der Waals surface area contributed by atoms with Crippen molar-refractivity contribution < 1.29 is 0 Å². The van der Waals surface area contributed by atoms with Gasteiger partial charge in [-0.15, -0.1) is 5.10 Å². The Balaban J connectivity index is 1.60. The van der Waals surface area contributed by atoms with Crippen LogP contribution in [0.2, 0.25) is 0 Å². The summed E-state index contributed by atoms with van der Waals surface area (Å²) in [6, 6.07) is 8.62. The van der Waals surface area contributed by atoms with Gasteiger partial charge in [0.25, 0.3) is 0 Å². The highest BCUT2D eigenvalue weighted by molar-refractivity contribution is 9.10. The second-order valence-corrected chi connectivity index (χ2v) is 5.87. The van der Waals surface area contributed by atoms with Crippen molar-refractivity contribution in [3.63, 3.8) is 0 Å². The van der Waals surface area contributed by atoms with Crippen LogP contribution in [0.1, 0.15) is 6.04 Å². The number of nitrogens with zero attached hydrogens (tertiary/aromatic N) is 5. The van der Waals surface area contributed by atoms with Crippen LogP contribution in [0.25, 0.3) is 10.8 Å². The largest absolute Gasteiger partial charge is 0.350 e. The number of halogens is 1. The minimum atomic E-state index is 0.405. The molecule has 1 saturated heterocycles. The molecule has 0 unspecified atom stereocenters. The first-order valence-electron chi connectivity index (χ1n) is 6.46. The standard InChI is InChI=1S/C14H12BrN5/c15-11-6-17-20(7-11)12-8-19(9-12)14-13-4-2-1-3-10(13)5-16-18-14/h1-7,12H,8-9H2. The fourth-order valence-electron chi connectivity index (χ4n) is 2.56. The van der Waals surface area contributed by atoms with Crippen LogP contribution in [0.4, 0.5) is 5.82 Å². The lowest BCUT2D eigenvalue weighted by molar-refractivity contribution is 0.366. The predicted octanol–water partition coefficient (Wildman–Crippen LogP) is 2.65. The lowest BCUT2D eigenvalue weighted by Crippen LogP contribution is -2.48. The minimum absolute atomic E-state index is 0.405. The van der Waals surface area contributed by atoms with Crippen molar-refractivity contribution in [2.45, 2.75) is 6.04 Å². The van der Waals surface area contributed by atoms with Gasteiger partial charge >= 0.3 is 0 Å². The van der Waals surface area contributed by atoms with Gasteiger partial charge in [0.2, 0.25) is 0 Å². The van der Waals surface area contributed by atoms with Gasteiger partial charge in [0.15, 0.2) is 5.82 Å². The van der Waals surface area contributed by atoms with E-state index in [1.165, 1.54) is 0 Å². The third kappa shape index (κ3) is 1.87. The molecule has 3 aromatic rings. The van der Waals surface area contributed by atoms with Gasteiger partial charge in [-0.2, -0.15) is 10.2 Å². The Morgan fingerprint density at radius 2 is 2.00 bits per heavy atom. The van der Waals surface area contributed by atoms with Gasteiger partial charge in [-0.05, 0) is 15.9 Å². The Morgan fingerprint density at radius 3 is 2.80 bits per heavy atom. The molecule has 0 saturated carbocycles. The SMILES string of the molecule is Brc1cnn(C2CN(c3nncc4ccccc34)C2)c1. The maximum atomic E-state index is 4.34. The van der Waals surface area contributed by atoms with E-state index in [0.717, 1.165) is 34.2 Å². The van der Waals surface area contributed by atoms with Crippen LogP contribution in [0, 0.1) is 0 Å². The predicted molar refractivity (Wildman–Crippen MR) is 80.7 cm³/mol. The summed E-state index contributed by atoms with van der Waals surface area (Å²) in [4.78, 5) is 2.25. The van der Waals surface area contributed by atoms with Gasteiger partial charge in [0, 0.05) is 30.1 Å². The van der Waals surface area contributed by atoms with Crippen LogP contribution < -0.4 is 4.90 Å². The summed E-state index contributed by atoms with van der Waals surface area (Å²) in [5.74, 6) is 0.963. The fraction of sp³-hybridized carbons (Fsp3) is 0.214. The first kappa shape index (κ1) is 11.8. The molecule has 20 heavy (non-hydrogen) atoms. The summed E-state index contributed by atoms with van der Waals surface area (Å²) >= 11 is 3.43. The Labute approximate surface area is 124 Å². The van der Waals surface area contributed by atoms with E-state index in [1.54, 1.807) is 6.20 Å². The topological polar surface area (TPSA) is 46.8 Å². The van der Waals surface area contributed by atoms with Crippen LogP contribution in [0.15, 0.2) is 47.3 Å². The molecule has 3 heterocycles. The van der Waals surface area contributed by atoms with E-state index in [1.807, 2.05) is 29.2 Å². The molecule has 0 radical (unpaired) electrons. The number of rotatable bonds is 2. The van der Waals surface area contributed by atoms with Crippen molar-refractivity contribution in [2.24, 2.45) is 0 Å². The van der Waals surface area contributed by atoms with E-state index in [-0.39, 0.29) is 0 Å². The number of hydrogen-bond acceptors (Lipinski definition) is 4. The van der Waals surface area contributed by atoms with Gasteiger partial charge < -0.3 is 4.90 Å². The van der Waals surface area contributed by atoms with Crippen LogP contribution in [0.3, 0.4) is 0 Å². The van der Waals surface area contributed by atoms with Crippen molar-refractivity contribution in [3.8, 4) is 0 Å². The summed E-state index contributed by atoms with van der Waals surface area (Å²) in [7, 11) is 0. The number of anilines is 1. The van der Waals surface area contributed by atoms with Crippen molar-refractivity contribution >= 4 is 32.5 Å². The van der Waals surface area contributed by atoms with Crippen LogP contribution in [-0.4, -0.2) is 33.1 Å². The van der Waals surface area contributed by atoms with E-state index >= 15 is 0 Å². The lowest BCUT2D eigenvalue weighted by atomic mass is 10.1. The Kier molecular flexibility index (Phi) is 2.70. The average molecular weight is 330 g/mol. The molecule has 1 aliphatic heterocycles. The molecular weight excluding hydrogens is 318 g/mol. The maximum absolute atomic E-state index is 4.34. The van der Waals surface area contributed by atoms with Gasteiger partial charge in [-0.3, -0.25) is 4.68 Å². The van der Waals surface area contributed by atoms with E-state index < -0.39 is 0 Å². The van der Waals surface area contributed by atoms with Gasteiger partial charge in [0.05, 0.1) is 22.9 Å². The molecule has 100 valence electrons. The molecule has 0 atom stereocenters. The van der Waals surface area contributed by atoms with Gasteiger partial charge in [-0.25, -0.2) is 0 Å². The number of aromatic nitrogens is 4. The van der Waals surface area contributed by atoms with Crippen LogP contribution >= 0.6 is 15.9 Å². The number of hydrogen-bond donors (Lipinski definition) is 0. The number of benzene rings is 1. The molecule has 6 heteroatoms. The monoisotopic (exact) mass is 329 g/mol. The zero-order valence-corrected chi connectivity index (χ0v) is 12.2. The smallest absolute Gasteiger partial charge is 0.159 e. The first-order valence-corrected chi connectivity index (χ1v) is 7.25. The molecule has 0 aliphatic carbocycles. The van der Waals surface area contributed by atoms with Crippen LogP contribution in [0.5, 0.6) is 0 Å². The molecule has 0 bridgehead atoms. The molecular formula is C14H12BrN5. The molecule has 5 nitrogen and oxygen atoms in total. The Morgan fingerprint density at radius 1 is 1.15 bits per heavy atom. The van der Waals surface area contributed by atoms with E-state index in [9.17, 15) is 0 Å². The van der Waals surface area contributed by atoms with Gasteiger partial charge in [-0.1, -0.05) is 24.3 Å². The van der Waals surface area contributed by atoms with E-state index in [4.69, 9.17) is 0 Å². The maximum Gasteiger partial charge on any atom is 0.159 e. The van der Waals surface area contributed by atoms with Crippen molar-refractivity contribution in [1.29, 1.82) is 0 Å². The molecule has 0 spiro atoms. The quantitative estimate of drug-likeness (QED) is 0.725. The van der Waals surface area contributed by atoms with Crippen molar-refractivity contribution in [2.75, 3.05) is 18.0 Å². The summed E-state index contributed by atoms with van der Waals surface area (Å²) in [5.41, 5.74) is 0. The van der Waals surface area contributed by atoms with E-state index in [0.29, 0.717) is 6.04 Å². The third-order valence-corrected chi connectivity index (χ3v) is 4.07. The third-order valence-electron chi connectivity index (χ3n) is 3.66. The summed E-state index contributed by atoms with van der Waals surface area (Å²) in [6.45, 7) is 1.83. The normalized spacial score (nSPS) is 15.6. The Bertz CT molecular complexity index is 758. The summed E-state index contributed by atoms with van der Waals surface area (Å²) in [6.07, 6.45) is 5.64. The number of fused-ring (bicyclic) bond motifs is 1. The molecule has 0 amide bonds. The molecule has 0 N–H and O–H groups in total. The molecule has 2 aromatic heterocycles. The molecule has 1 aromatic carbocycles. The van der Waals surface area contributed by atoms with Crippen molar-refractivity contribution in [3.05, 3.63) is 47.3 Å². The van der Waals surface area contributed by atoms with Crippen LogP contribution in [-0.2, 0) is 0 Å². The highest BCUT2D eigenvalue weighted by atomic mass is 79.9. The zero-order chi connectivity index (χ0) is 13.5. The second kappa shape index (κ2) is 4.56. The summed E-state index contributed by atoms with van der Waals surface area (Å²) in [5, 5.41) is 15.0. The molecule has 1 fully saturated rings. The first-order chi connectivity index (χ1) is 9.81. The lowest BCUT2D eigenvalue weighted by Gasteiger charge is -2.40. The fourth-order valence-corrected chi connectivity index (χ4v) is 2.86. The zero-order valence-electron chi connectivity index (χ0n) is 10.6. The minimum Gasteiger partial charge on any atom is -0.350 e. The van der Waals surface area contributed by atoms with Crippen molar-refractivity contribution in [1.82, 2.24) is 20.0 Å². The molecule has 1 aliphatic rings. The highest BCUT2D eigenvalue weighted by Gasteiger charge is 2.30. The molecule has 4 rings (SSSR count). The average Bonchev–Trinajstić information content (AvgIpc) is 2.84.